The first-order valence-electron chi connectivity index (χ1n) is 8.11. The molecule has 21 heavy (non-hydrogen) atoms. The lowest BCUT2D eigenvalue weighted by molar-refractivity contribution is 0.0829. The molecule has 3 heteroatoms. The molecule has 1 saturated heterocycles. The van der Waals surface area contributed by atoms with E-state index >= 15 is 0 Å². The van der Waals surface area contributed by atoms with Gasteiger partial charge in [0.15, 0.2) is 0 Å². The van der Waals surface area contributed by atoms with Crippen LogP contribution in [0.25, 0.3) is 0 Å². The molecule has 1 aromatic carbocycles. The lowest BCUT2D eigenvalue weighted by Gasteiger charge is -2.41. The molecule has 1 heterocycles. The first-order valence-corrected chi connectivity index (χ1v) is 8.11. The highest BCUT2D eigenvalue weighted by atomic mass is 15.3. The van der Waals surface area contributed by atoms with E-state index in [2.05, 4.69) is 68.0 Å². The first kappa shape index (κ1) is 16.5. The molecule has 0 spiro atoms. The van der Waals surface area contributed by atoms with E-state index in [0.29, 0.717) is 6.04 Å². The minimum atomic E-state index is 0.189. The third-order valence-corrected chi connectivity index (χ3v) is 4.72. The highest BCUT2D eigenvalue weighted by molar-refractivity contribution is 5.20. The summed E-state index contributed by atoms with van der Waals surface area (Å²) in [6, 6.07) is 11.6. The molecule has 3 nitrogen and oxygen atoms in total. The predicted molar refractivity (Wildman–Crippen MR) is 90.3 cm³/mol. The van der Waals surface area contributed by atoms with Crippen LogP contribution in [0.1, 0.15) is 38.8 Å². The van der Waals surface area contributed by atoms with Gasteiger partial charge >= 0.3 is 0 Å². The molecular formula is C18H31N3. The molecule has 1 aliphatic rings. The van der Waals surface area contributed by atoms with Crippen LogP contribution >= 0.6 is 0 Å². The molecule has 1 aromatic rings. The summed E-state index contributed by atoms with van der Waals surface area (Å²) in [5.41, 5.74) is 7.96. The van der Waals surface area contributed by atoms with Crippen molar-refractivity contribution in [3.05, 3.63) is 35.9 Å². The van der Waals surface area contributed by atoms with Crippen molar-refractivity contribution in [2.45, 2.75) is 39.3 Å². The van der Waals surface area contributed by atoms with Crippen LogP contribution in [0.4, 0.5) is 0 Å². The van der Waals surface area contributed by atoms with Crippen LogP contribution in [0, 0.1) is 5.41 Å². The summed E-state index contributed by atoms with van der Waals surface area (Å²) in [6.07, 6.45) is 1.07. The molecule has 2 unspecified atom stereocenters. The fraction of sp³-hybridized carbons (Fsp3) is 0.667. The van der Waals surface area contributed by atoms with Gasteiger partial charge in [-0.15, -0.1) is 0 Å². The van der Waals surface area contributed by atoms with Crippen LogP contribution in [0.15, 0.2) is 30.3 Å². The van der Waals surface area contributed by atoms with Gasteiger partial charge in [-0.3, -0.25) is 4.90 Å². The molecule has 0 amide bonds. The topological polar surface area (TPSA) is 32.5 Å². The monoisotopic (exact) mass is 289 g/mol. The second-order valence-electron chi connectivity index (χ2n) is 7.49. The summed E-state index contributed by atoms with van der Waals surface area (Å²) in [5.74, 6) is 0. The minimum absolute atomic E-state index is 0.189. The van der Waals surface area contributed by atoms with Crippen molar-refractivity contribution in [1.29, 1.82) is 0 Å². The number of nitrogens with zero attached hydrogens (tertiary/aromatic N) is 2. The fourth-order valence-corrected chi connectivity index (χ4v) is 2.95. The van der Waals surface area contributed by atoms with Crippen LogP contribution in [0.5, 0.6) is 0 Å². The molecule has 0 radical (unpaired) electrons. The van der Waals surface area contributed by atoms with E-state index < -0.39 is 0 Å². The zero-order chi connectivity index (χ0) is 15.5. The molecule has 0 aliphatic carbocycles. The lowest BCUT2D eigenvalue weighted by atomic mass is 9.85. The molecule has 2 rings (SSSR count). The largest absolute Gasteiger partial charge is 0.327 e. The van der Waals surface area contributed by atoms with Crippen LogP contribution in [-0.4, -0.2) is 49.1 Å². The van der Waals surface area contributed by atoms with Gasteiger partial charge < -0.3 is 10.6 Å². The van der Waals surface area contributed by atoms with Gasteiger partial charge in [-0.2, -0.15) is 0 Å². The Morgan fingerprint density at radius 3 is 2.48 bits per heavy atom. The van der Waals surface area contributed by atoms with Crippen molar-refractivity contribution in [3.63, 3.8) is 0 Å². The second kappa shape index (κ2) is 6.91. The third-order valence-electron chi connectivity index (χ3n) is 4.72. The van der Waals surface area contributed by atoms with Gasteiger partial charge in [-0.05, 0) is 24.4 Å². The Morgan fingerprint density at radius 1 is 1.19 bits per heavy atom. The minimum Gasteiger partial charge on any atom is -0.327 e. The van der Waals surface area contributed by atoms with Crippen LogP contribution in [0.2, 0.25) is 0 Å². The maximum absolute atomic E-state index is 6.34. The first-order chi connectivity index (χ1) is 9.88. The van der Waals surface area contributed by atoms with E-state index in [-0.39, 0.29) is 11.5 Å². The summed E-state index contributed by atoms with van der Waals surface area (Å²) >= 11 is 0. The van der Waals surface area contributed by atoms with Gasteiger partial charge in [-0.1, -0.05) is 51.1 Å². The Labute approximate surface area is 130 Å². The number of benzene rings is 1. The van der Waals surface area contributed by atoms with Crippen LogP contribution < -0.4 is 5.73 Å². The van der Waals surface area contributed by atoms with Crippen molar-refractivity contribution in [2.75, 3.05) is 33.2 Å². The van der Waals surface area contributed by atoms with E-state index in [4.69, 9.17) is 5.73 Å². The predicted octanol–water partition coefficient (Wildman–Crippen LogP) is 2.74. The van der Waals surface area contributed by atoms with Crippen molar-refractivity contribution in [2.24, 2.45) is 11.1 Å². The van der Waals surface area contributed by atoms with E-state index in [1.54, 1.807) is 0 Å². The summed E-state index contributed by atoms with van der Waals surface area (Å²) in [6.45, 7) is 11.2. The normalized spacial score (nSPS) is 23.2. The Balaban J connectivity index is 2.02. The van der Waals surface area contributed by atoms with Crippen molar-refractivity contribution < 1.29 is 0 Å². The van der Waals surface area contributed by atoms with Gasteiger partial charge in [0.25, 0.3) is 0 Å². The zero-order valence-electron chi connectivity index (χ0n) is 14.0. The average molecular weight is 289 g/mol. The quantitative estimate of drug-likeness (QED) is 0.925. The Hall–Kier alpha value is -0.900. The van der Waals surface area contributed by atoms with Gasteiger partial charge in [0.1, 0.15) is 0 Å². The Bertz CT molecular complexity index is 424. The SMILES string of the molecule is CN1CCN(CCC(N)C(C)(C)C)C(c2ccccc2)C1. The van der Waals surface area contributed by atoms with Gasteiger partial charge in [-0.25, -0.2) is 0 Å². The number of piperazine rings is 1. The van der Waals surface area contributed by atoms with Crippen molar-refractivity contribution >= 4 is 0 Å². The Kier molecular flexibility index (Phi) is 5.42. The number of hydrogen-bond donors (Lipinski definition) is 1. The molecule has 1 aliphatic heterocycles. The second-order valence-corrected chi connectivity index (χ2v) is 7.49. The maximum Gasteiger partial charge on any atom is 0.0475 e. The summed E-state index contributed by atoms with van der Waals surface area (Å²) in [7, 11) is 2.22. The molecule has 0 aromatic heterocycles. The number of nitrogens with two attached hydrogens (primary N) is 1. The van der Waals surface area contributed by atoms with Crippen molar-refractivity contribution in [3.8, 4) is 0 Å². The summed E-state index contributed by atoms with van der Waals surface area (Å²) in [4.78, 5) is 5.04. The summed E-state index contributed by atoms with van der Waals surface area (Å²) in [5, 5.41) is 0. The van der Waals surface area contributed by atoms with Crippen LogP contribution in [0.3, 0.4) is 0 Å². The molecule has 118 valence electrons. The molecule has 2 atom stereocenters. The number of likely N-dealkylation sites (N-methyl/N-ethyl adjacent to an activating group) is 1. The number of rotatable bonds is 4. The fourth-order valence-electron chi connectivity index (χ4n) is 2.95. The third kappa shape index (κ3) is 4.53. The smallest absolute Gasteiger partial charge is 0.0475 e. The van der Waals surface area contributed by atoms with Gasteiger partial charge in [0.05, 0.1) is 0 Å². The van der Waals surface area contributed by atoms with E-state index in [0.717, 1.165) is 32.6 Å². The maximum atomic E-state index is 6.34. The highest BCUT2D eigenvalue weighted by Crippen LogP contribution is 2.26. The van der Waals surface area contributed by atoms with Gasteiger partial charge in [0.2, 0.25) is 0 Å². The highest BCUT2D eigenvalue weighted by Gasteiger charge is 2.28. The molecular weight excluding hydrogens is 258 g/mol. The number of hydrogen-bond acceptors (Lipinski definition) is 3. The van der Waals surface area contributed by atoms with E-state index in [9.17, 15) is 0 Å². The zero-order valence-corrected chi connectivity index (χ0v) is 14.0. The van der Waals surface area contributed by atoms with Crippen molar-refractivity contribution in [1.82, 2.24) is 9.80 Å². The van der Waals surface area contributed by atoms with Crippen LogP contribution in [-0.2, 0) is 0 Å². The lowest BCUT2D eigenvalue weighted by Crippen LogP contribution is -2.48. The van der Waals surface area contributed by atoms with Gasteiger partial charge in [0, 0.05) is 38.3 Å². The standard InChI is InChI=1S/C18H31N3/c1-18(2,3)17(19)10-11-21-13-12-20(4)14-16(21)15-8-6-5-7-9-15/h5-9,16-17H,10-14,19H2,1-4H3. The molecule has 2 N–H and O–H groups in total. The molecule has 0 saturated carbocycles. The van der Waals surface area contributed by atoms with E-state index in [1.165, 1.54) is 5.56 Å². The average Bonchev–Trinajstić information content (AvgIpc) is 2.45. The molecule has 1 fully saturated rings. The Morgan fingerprint density at radius 2 is 1.86 bits per heavy atom. The van der Waals surface area contributed by atoms with E-state index in [1.807, 2.05) is 0 Å². The molecule has 0 bridgehead atoms. The summed E-state index contributed by atoms with van der Waals surface area (Å²) < 4.78 is 0.